The summed E-state index contributed by atoms with van der Waals surface area (Å²) in [5, 5.41) is 4.31. The summed E-state index contributed by atoms with van der Waals surface area (Å²) in [5.74, 6) is -0.521. The Morgan fingerprint density at radius 1 is 0.960 bits per heavy atom. The van der Waals surface area contributed by atoms with Crippen LogP contribution >= 0.6 is 0 Å². The zero-order chi connectivity index (χ0) is 17.2. The number of fused-ring (bicyclic) bond motifs is 1. The third-order valence-corrected chi connectivity index (χ3v) is 3.58. The molecule has 0 saturated carbocycles. The van der Waals surface area contributed by atoms with Gasteiger partial charge in [-0.05, 0) is 23.6 Å². The smallest absolute Gasteiger partial charge is 0.418 e. The van der Waals surface area contributed by atoms with Gasteiger partial charge in [0.25, 0.3) is 5.91 Å². The number of rotatable bonds is 3. The predicted molar refractivity (Wildman–Crippen MR) is 84.2 cm³/mol. The van der Waals surface area contributed by atoms with Crippen molar-refractivity contribution in [2.24, 2.45) is 0 Å². The van der Waals surface area contributed by atoms with Gasteiger partial charge < -0.3 is 22.3 Å². The molecule has 0 spiro atoms. The van der Waals surface area contributed by atoms with Crippen LogP contribution < -0.4 is 26.9 Å². The number of pyridine rings is 1. The Kier molecular flexibility index (Phi) is 5.79. The average molecular weight is 411 g/mol. The summed E-state index contributed by atoms with van der Waals surface area (Å²) in [6.45, 7) is -0.0724. The maximum Gasteiger partial charge on any atom is 0.418 e. The number of anilines is 1. The Labute approximate surface area is 152 Å². The summed E-state index contributed by atoms with van der Waals surface area (Å²) in [7, 11) is 0. The van der Waals surface area contributed by atoms with Gasteiger partial charge >= 0.3 is 6.18 Å². The quantitative estimate of drug-likeness (QED) is 0.636. The monoisotopic (exact) mass is 410 g/mol. The summed E-state index contributed by atoms with van der Waals surface area (Å²) in [6.07, 6.45) is -1.01. The van der Waals surface area contributed by atoms with Crippen molar-refractivity contribution < 1.29 is 39.5 Å². The van der Waals surface area contributed by atoms with Crippen molar-refractivity contribution in [3.63, 3.8) is 0 Å². The van der Waals surface area contributed by atoms with E-state index in [1.807, 2.05) is 30.3 Å². The minimum atomic E-state index is -4.51. The maximum absolute atomic E-state index is 12.9. The van der Waals surface area contributed by atoms with E-state index in [1.54, 1.807) is 17.0 Å². The molecule has 3 nitrogen and oxygen atoms in total. The van der Waals surface area contributed by atoms with Gasteiger partial charge in [0.15, 0.2) is 12.4 Å². The molecule has 0 aliphatic rings. The summed E-state index contributed by atoms with van der Waals surface area (Å²) in [5.41, 5.74) is -1.10. The van der Waals surface area contributed by atoms with Crippen LogP contribution in [-0.2, 0) is 17.5 Å². The topological polar surface area (TPSA) is 33.0 Å². The molecule has 1 heterocycles. The number of aromatic nitrogens is 1. The molecule has 0 saturated heterocycles. The molecule has 1 aromatic heterocycles. The number of hydrogen-bond acceptors (Lipinski definition) is 1. The van der Waals surface area contributed by atoms with E-state index in [0.717, 1.165) is 16.8 Å². The number of carbonyl (C=O) groups is 1. The average Bonchev–Trinajstić information content (AvgIpc) is 2.54. The number of amides is 1. The van der Waals surface area contributed by atoms with Gasteiger partial charge in [0, 0.05) is 11.5 Å². The number of carbonyl (C=O) groups excluding carboxylic acids is 1. The first-order valence-corrected chi connectivity index (χ1v) is 7.27. The summed E-state index contributed by atoms with van der Waals surface area (Å²) in [6, 6.07) is 14.4. The number of hydrogen-bond donors (Lipinski definition) is 1. The van der Waals surface area contributed by atoms with Crippen molar-refractivity contribution in [2.45, 2.75) is 12.7 Å². The molecule has 0 bridgehead atoms. The molecule has 3 rings (SSSR count). The van der Waals surface area contributed by atoms with Crippen LogP contribution in [0.15, 0.2) is 67.0 Å². The van der Waals surface area contributed by atoms with Crippen LogP contribution in [0.25, 0.3) is 10.8 Å². The first-order chi connectivity index (χ1) is 11.4. The fraction of sp³-hybridized carbons (Fsp3) is 0.111. The molecule has 0 aliphatic carbocycles. The van der Waals surface area contributed by atoms with Gasteiger partial charge in [-0.1, -0.05) is 30.3 Å². The van der Waals surface area contributed by atoms with Crippen LogP contribution in [-0.4, -0.2) is 5.91 Å². The molecule has 2 aromatic carbocycles. The van der Waals surface area contributed by atoms with Crippen LogP contribution in [0.4, 0.5) is 18.9 Å². The van der Waals surface area contributed by atoms with E-state index in [4.69, 9.17) is 0 Å². The third-order valence-electron chi connectivity index (χ3n) is 3.58. The molecule has 0 atom stereocenters. The molecule has 0 fully saturated rings. The molecule has 25 heavy (non-hydrogen) atoms. The Morgan fingerprint density at radius 3 is 2.32 bits per heavy atom. The van der Waals surface area contributed by atoms with Crippen molar-refractivity contribution in [2.75, 3.05) is 5.32 Å². The Morgan fingerprint density at radius 2 is 1.60 bits per heavy atom. The van der Waals surface area contributed by atoms with Gasteiger partial charge in [0.2, 0.25) is 6.54 Å². The normalized spacial score (nSPS) is 11.0. The number of para-hydroxylation sites is 1. The van der Waals surface area contributed by atoms with Gasteiger partial charge in [-0.25, -0.2) is 0 Å². The lowest BCUT2D eigenvalue weighted by atomic mass is 10.1. The van der Waals surface area contributed by atoms with E-state index in [0.29, 0.717) is 0 Å². The van der Waals surface area contributed by atoms with Gasteiger partial charge in [-0.3, -0.25) is 4.79 Å². The molecular weight excluding hydrogens is 397 g/mol. The minimum absolute atomic E-state index is 0. The SMILES string of the molecule is O=C(C[n+]1ccc2ccccc2c1)Nc1ccccc1C(F)(F)F.[Br-]. The van der Waals surface area contributed by atoms with Crippen molar-refractivity contribution in [1.82, 2.24) is 0 Å². The van der Waals surface area contributed by atoms with Gasteiger partial charge in [0.1, 0.15) is 0 Å². The zero-order valence-corrected chi connectivity index (χ0v) is 14.5. The van der Waals surface area contributed by atoms with Gasteiger partial charge in [-0.2, -0.15) is 17.7 Å². The van der Waals surface area contributed by atoms with Crippen LogP contribution in [0, 0.1) is 0 Å². The lowest BCUT2D eigenvalue weighted by Crippen LogP contribution is -3.00. The number of alkyl halides is 3. The van der Waals surface area contributed by atoms with Crippen LogP contribution in [0.5, 0.6) is 0 Å². The molecule has 0 unspecified atom stereocenters. The first kappa shape index (κ1) is 18.9. The fourth-order valence-electron chi connectivity index (χ4n) is 2.47. The number of halogens is 4. The number of benzene rings is 2. The molecule has 1 amide bonds. The highest BCUT2D eigenvalue weighted by Crippen LogP contribution is 2.34. The fourth-order valence-corrected chi connectivity index (χ4v) is 2.47. The molecule has 3 aromatic rings. The van der Waals surface area contributed by atoms with Crippen LogP contribution in [0.1, 0.15) is 5.56 Å². The summed E-state index contributed by atoms with van der Waals surface area (Å²) < 4.78 is 40.5. The molecule has 0 radical (unpaired) electrons. The van der Waals surface area contributed by atoms with E-state index in [1.165, 1.54) is 18.2 Å². The highest BCUT2D eigenvalue weighted by atomic mass is 79.9. The van der Waals surface area contributed by atoms with Gasteiger partial charge in [0.05, 0.1) is 11.3 Å². The highest BCUT2D eigenvalue weighted by Gasteiger charge is 2.33. The van der Waals surface area contributed by atoms with Crippen molar-refractivity contribution >= 4 is 22.4 Å². The van der Waals surface area contributed by atoms with Crippen molar-refractivity contribution in [3.8, 4) is 0 Å². The van der Waals surface area contributed by atoms with Gasteiger partial charge in [-0.15, -0.1) is 0 Å². The molecule has 130 valence electrons. The van der Waals surface area contributed by atoms with E-state index in [-0.39, 0.29) is 29.2 Å². The lowest BCUT2D eigenvalue weighted by Gasteiger charge is -2.12. The van der Waals surface area contributed by atoms with Crippen molar-refractivity contribution in [3.05, 3.63) is 72.6 Å². The van der Waals surface area contributed by atoms with Crippen molar-refractivity contribution in [1.29, 1.82) is 0 Å². The van der Waals surface area contributed by atoms with E-state index >= 15 is 0 Å². The van der Waals surface area contributed by atoms with E-state index in [9.17, 15) is 18.0 Å². The maximum atomic E-state index is 12.9. The Hall–Kier alpha value is -2.41. The number of nitrogens with one attached hydrogen (secondary N) is 1. The molecule has 1 N–H and O–H groups in total. The van der Waals surface area contributed by atoms with E-state index < -0.39 is 17.6 Å². The third kappa shape index (κ3) is 4.57. The van der Waals surface area contributed by atoms with Crippen LogP contribution in [0.3, 0.4) is 0 Å². The lowest BCUT2D eigenvalue weighted by molar-refractivity contribution is -0.682. The second-order valence-electron chi connectivity index (χ2n) is 5.34. The standard InChI is InChI=1S/C18H13F3N2O.BrH/c19-18(20,21)15-7-3-4-8-16(15)22-17(24)12-23-10-9-13-5-1-2-6-14(13)11-23;/h1-11H,12H2;1H. The largest absolute Gasteiger partial charge is 1.00 e. The number of nitrogens with zero attached hydrogens (tertiary/aromatic N) is 1. The Bertz CT molecular complexity index is 897. The second-order valence-corrected chi connectivity index (χ2v) is 5.34. The molecular formula is C18H14BrF3N2O. The molecule has 7 heteroatoms. The van der Waals surface area contributed by atoms with Crippen LogP contribution in [0.2, 0.25) is 0 Å². The molecule has 0 aliphatic heterocycles. The van der Waals surface area contributed by atoms with E-state index in [2.05, 4.69) is 5.32 Å². The Balaban J connectivity index is 0.00000225. The highest BCUT2D eigenvalue weighted by molar-refractivity contribution is 5.90. The zero-order valence-electron chi connectivity index (χ0n) is 12.9. The minimum Gasteiger partial charge on any atom is -1.00 e. The second kappa shape index (κ2) is 7.65. The first-order valence-electron chi connectivity index (χ1n) is 7.27. The predicted octanol–water partition coefficient (Wildman–Crippen LogP) is 0.789. The summed E-state index contributed by atoms with van der Waals surface area (Å²) >= 11 is 0. The summed E-state index contributed by atoms with van der Waals surface area (Å²) in [4.78, 5) is 12.1.